The lowest BCUT2D eigenvalue weighted by Crippen LogP contribution is -2.30. The minimum absolute atomic E-state index is 0.0255. The number of hydrogen-bond acceptors (Lipinski definition) is 7. The van der Waals surface area contributed by atoms with E-state index in [1.807, 2.05) is 13.8 Å². The van der Waals surface area contributed by atoms with Gasteiger partial charge in [0.25, 0.3) is 5.78 Å². The summed E-state index contributed by atoms with van der Waals surface area (Å²) in [5.41, 5.74) is 1.76. The van der Waals surface area contributed by atoms with Crippen molar-refractivity contribution in [2.75, 3.05) is 4.90 Å². The minimum Gasteiger partial charge on any atom is -0.507 e. The number of alkyl halides is 3. The number of aryl methyl sites for hydroxylation is 1. The zero-order chi connectivity index (χ0) is 26.2. The first-order chi connectivity index (χ1) is 17.0. The zero-order valence-electron chi connectivity index (χ0n) is 19.4. The molecule has 1 aliphatic heterocycles. The fourth-order valence-corrected chi connectivity index (χ4v) is 3.82. The molecule has 0 saturated carbocycles. The van der Waals surface area contributed by atoms with Crippen LogP contribution in [-0.2, 0) is 9.59 Å². The van der Waals surface area contributed by atoms with E-state index in [9.17, 15) is 27.9 Å². The molecule has 11 heteroatoms. The third kappa shape index (κ3) is 4.90. The molecular weight excluding hydrogens is 477 g/mol. The largest absolute Gasteiger partial charge is 0.574 e. The monoisotopic (exact) mass is 498 g/mol. The summed E-state index contributed by atoms with van der Waals surface area (Å²) in [5, 5.41) is 19.1. The number of anilines is 1. The molecule has 0 spiro atoms. The Morgan fingerprint density at radius 2 is 1.72 bits per heavy atom. The molecule has 1 aromatic carbocycles. The summed E-state index contributed by atoms with van der Waals surface area (Å²) in [6, 6.07) is 10.9. The lowest BCUT2D eigenvalue weighted by atomic mass is 9.95. The fraction of sp³-hybridized carbons (Fsp3) is 0.240. The van der Waals surface area contributed by atoms with Gasteiger partial charge < -0.3 is 9.84 Å². The Labute approximate surface area is 204 Å². The third-order valence-corrected chi connectivity index (χ3v) is 5.62. The lowest BCUT2D eigenvalue weighted by Gasteiger charge is -2.24. The van der Waals surface area contributed by atoms with Crippen molar-refractivity contribution in [2.24, 2.45) is 0 Å². The Balaban J connectivity index is 1.85. The van der Waals surface area contributed by atoms with Gasteiger partial charge in [0, 0.05) is 17.8 Å². The standard InChI is InChI=1S/C25H21F3N4O4/c1-13(2)15-5-7-16(8-6-15)22(33)20-21(17-9-11-19(29-12-17)36-25(26,27)28)32(24(35)23(20)34)18-10-4-14(3)30-31-18/h4-13,21,33H,1-3H3/t21-/m0/s1. The smallest absolute Gasteiger partial charge is 0.507 e. The molecule has 0 bridgehead atoms. The van der Waals surface area contributed by atoms with E-state index in [0.29, 0.717) is 11.3 Å². The van der Waals surface area contributed by atoms with Crippen molar-refractivity contribution in [1.29, 1.82) is 0 Å². The van der Waals surface area contributed by atoms with Gasteiger partial charge in [-0.3, -0.25) is 14.5 Å². The molecule has 186 valence electrons. The van der Waals surface area contributed by atoms with Crippen molar-refractivity contribution in [3.63, 3.8) is 0 Å². The van der Waals surface area contributed by atoms with Gasteiger partial charge in [0.2, 0.25) is 5.88 Å². The van der Waals surface area contributed by atoms with Crippen LogP contribution in [0.3, 0.4) is 0 Å². The Kier molecular flexibility index (Phi) is 6.49. The third-order valence-electron chi connectivity index (χ3n) is 5.62. The number of rotatable bonds is 5. The van der Waals surface area contributed by atoms with Gasteiger partial charge in [0.05, 0.1) is 17.3 Å². The number of halogens is 3. The molecule has 8 nitrogen and oxygen atoms in total. The highest BCUT2D eigenvalue weighted by molar-refractivity contribution is 6.51. The second kappa shape index (κ2) is 9.40. The summed E-state index contributed by atoms with van der Waals surface area (Å²) in [6.07, 6.45) is -3.90. The normalized spacial score (nSPS) is 17.6. The van der Waals surface area contributed by atoms with Crippen molar-refractivity contribution in [1.82, 2.24) is 15.2 Å². The molecule has 0 radical (unpaired) electrons. The van der Waals surface area contributed by atoms with E-state index >= 15 is 0 Å². The van der Waals surface area contributed by atoms with Crippen LogP contribution in [0, 0.1) is 6.92 Å². The molecule has 0 unspecified atom stereocenters. The summed E-state index contributed by atoms with van der Waals surface area (Å²) < 4.78 is 41.6. The Bertz CT molecular complexity index is 1320. The van der Waals surface area contributed by atoms with Crippen LogP contribution >= 0.6 is 0 Å². The molecule has 3 aromatic rings. The van der Waals surface area contributed by atoms with Gasteiger partial charge in [-0.05, 0) is 42.2 Å². The number of amides is 1. The number of ether oxygens (including phenoxy) is 1. The van der Waals surface area contributed by atoms with Crippen LogP contribution < -0.4 is 9.64 Å². The molecule has 1 aliphatic rings. The molecule has 1 saturated heterocycles. The maximum atomic E-state index is 13.1. The van der Waals surface area contributed by atoms with Crippen LogP contribution in [0.25, 0.3) is 5.76 Å². The maximum absolute atomic E-state index is 13.1. The predicted octanol–water partition coefficient (Wildman–Crippen LogP) is 4.83. The van der Waals surface area contributed by atoms with E-state index in [2.05, 4.69) is 19.9 Å². The number of Topliss-reactive ketones (excluding diaryl/α,β-unsaturated/α-hetero) is 1. The molecule has 36 heavy (non-hydrogen) atoms. The van der Waals surface area contributed by atoms with Crippen LogP contribution in [0.15, 0.2) is 60.3 Å². The highest BCUT2D eigenvalue weighted by Crippen LogP contribution is 2.41. The van der Waals surface area contributed by atoms with Crippen molar-refractivity contribution >= 4 is 23.3 Å². The van der Waals surface area contributed by atoms with E-state index in [1.165, 1.54) is 12.1 Å². The van der Waals surface area contributed by atoms with Crippen LogP contribution in [0.5, 0.6) is 5.88 Å². The summed E-state index contributed by atoms with van der Waals surface area (Å²) in [6.45, 7) is 5.69. The molecule has 1 fully saturated rings. The number of aliphatic hydroxyl groups excluding tert-OH is 1. The zero-order valence-corrected chi connectivity index (χ0v) is 19.4. The molecular formula is C25H21F3N4O4. The van der Waals surface area contributed by atoms with Crippen molar-refractivity contribution in [2.45, 2.75) is 39.1 Å². The van der Waals surface area contributed by atoms with Gasteiger partial charge in [-0.15, -0.1) is 18.3 Å². The van der Waals surface area contributed by atoms with E-state index in [1.54, 1.807) is 37.3 Å². The van der Waals surface area contributed by atoms with Gasteiger partial charge in [-0.1, -0.05) is 38.1 Å². The number of pyridine rings is 1. The quantitative estimate of drug-likeness (QED) is 0.305. The molecule has 1 N–H and O–H groups in total. The number of ketones is 1. The summed E-state index contributed by atoms with van der Waals surface area (Å²) in [5.74, 6) is -2.86. The first kappa shape index (κ1) is 24.8. The number of carbonyl (C=O) groups is 2. The molecule has 4 rings (SSSR count). The Hall–Kier alpha value is -4.28. The van der Waals surface area contributed by atoms with Crippen molar-refractivity contribution in [3.05, 3.63) is 82.7 Å². The number of carbonyl (C=O) groups excluding carboxylic acids is 2. The van der Waals surface area contributed by atoms with E-state index < -0.39 is 35.7 Å². The second-order valence-corrected chi connectivity index (χ2v) is 8.46. The highest BCUT2D eigenvalue weighted by Gasteiger charge is 2.48. The highest BCUT2D eigenvalue weighted by atomic mass is 19.4. The van der Waals surface area contributed by atoms with Crippen LogP contribution in [-0.4, -0.2) is 38.3 Å². The van der Waals surface area contributed by atoms with Gasteiger partial charge in [0.15, 0.2) is 5.82 Å². The van der Waals surface area contributed by atoms with Crippen LogP contribution in [0.2, 0.25) is 0 Å². The minimum atomic E-state index is -4.94. The van der Waals surface area contributed by atoms with Crippen LogP contribution in [0.4, 0.5) is 19.0 Å². The van der Waals surface area contributed by atoms with Gasteiger partial charge in [0.1, 0.15) is 5.76 Å². The molecule has 3 heterocycles. The number of aliphatic hydroxyl groups is 1. The van der Waals surface area contributed by atoms with E-state index in [0.717, 1.165) is 22.7 Å². The molecule has 0 aliphatic carbocycles. The van der Waals surface area contributed by atoms with Gasteiger partial charge >= 0.3 is 12.3 Å². The van der Waals surface area contributed by atoms with Gasteiger partial charge in [-0.2, -0.15) is 5.10 Å². The number of nitrogens with zero attached hydrogens (tertiary/aromatic N) is 4. The van der Waals surface area contributed by atoms with Crippen molar-refractivity contribution < 1.29 is 32.6 Å². The molecule has 1 atom stereocenters. The lowest BCUT2D eigenvalue weighted by molar-refractivity contribution is -0.276. The first-order valence-corrected chi connectivity index (χ1v) is 10.9. The Morgan fingerprint density at radius 3 is 2.25 bits per heavy atom. The number of hydrogen-bond donors (Lipinski definition) is 1. The predicted molar refractivity (Wildman–Crippen MR) is 123 cm³/mol. The maximum Gasteiger partial charge on any atom is 0.574 e. The van der Waals surface area contributed by atoms with Gasteiger partial charge in [-0.25, -0.2) is 4.98 Å². The average molecular weight is 498 g/mol. The van der Waals surface area contributed by atoms with E-state index in [4.69, 9.17) is 0 Å². The number of aromatic nitrogens is 3. The SMILES string of the molecule is Cc1ccc(N2C(=O)C(=O)C(=C(O)c3ccc(C(C)C)cc3)[C@@H]2c2ccc(OC(F)(F)F)nc2)nn1. The second-order valence-electron chi connectivity index (χ2n) is 8.46. The Morgan fingerprint density at radius 1 is 1.03 bits per heavy atom. The molecule has 2 aromatic heterocycles. The van der Waals surface area contributed by atoms with E-state index in [-0.39, 0.29) is 22.9 Å². The summed E-state index contributed by atoms with van der Waals surface area (Å²) in [4.78, 5) is 30.9. The van der Waals surface area contributed by atoms with Crippen LogP contribution in [0.1, 0.15) is 48.2 Å². The van der Waals surface area contributed by atoms with Crippen molar-refractivity contribution in [3.8, 4) is 5.88 Å². The average Bonchev–Trinajstić information content (AvgIpc) is 3.09. The number of benzene rings is 1. The summed E-state index contributed by atoms with van der Waals surface area (Å²) >= 11 is 0. The summed E-state index contributed by atoms with van der Waals surface area (Å²) in [7, 11) is 0. The fourth-order valence-electron chi connectivity index (χ4n) is 3.82. The topological polar surface area (TPSA) is 106 Å². The molecule has 1 amide bonds. The first-order valence-electron chi connectivity index (χ1n) is 10.9.